The zero-order chi connectivity index (χ0) is 14.7. The Kier molecular flexibility index (Phi) is 3.34. The number of fused-ring (bicyclic) bond motifs is 1. The number of nitrogens with zero attached hydrogens (tertiary/aromatic N) is 1. The fourth-order valence-corrected chi connectivity index (χ4v) is 1.95. The standard InChI is InChI=1S/C15H12N4O2/c20-14-11(8-10-4-1-2-5-12(10)18-14)9-17-19-15(21)13-6-3-7-16-13/h1-9,16H,(H,18,20)(H,19,21)/b17-9+. The van der Waals surface area contributed by atoms with Crippen molar-refractivity contribution in [3.05, 3.63) is 70.3 Å². The van der Waals surface area contributed by atoms with Crippen LogP contribution in [0.1, 0.15) is 16.1 Å². The van der Waals surface area contributed by atoms with E-state index in [0.29, 0.717) is 11.3 Å². The molecule has 6 heteroatoms. The average Bonchev–Trinajstić information content (AvgIpc) is 3.02. The number of aromatic amines is 2. The van der Waals surface area contributed by atoms with E-state index in [1.54, 1.807) is 24.4 Å². The second-order valence-electron chi connectivity index (χ2n) is 4.42. The summed E-state index contributed by atoms with van der Waals surface area (Å²) < 4.78 is 0. The van der Waals surface area contributed by atoms with E-state index in [1.807, 2.05) is 24.3 Å². The maximum absolute atomic E-state index is 11.9. The van der Waals surface area contributed by atoms with Crippen LogP contribution in [0.3, 0.4) is 0 Å². The first-order chi connectivity index (χ1) is 10.2. The normalized spacial score (nSPS) is 11.0. The summed E-state index contributed by atoms with van der Waals surface area (Å²) in [6, 6.07) is 12.5. The topological polar surface area (TPSA) is 90.1 Å². The lowest BCUT2D eigenvalue weighted by Crippen LogP contribution is -2.19. The van der Waals surface area contributed by atoms with Crippen LogP contribution < -0.4 is 11.0 Å². The van der Waals surface area contributed by atoms with Crippen molar-refractivity contribution in [2.24, 2.45) is 5.10 Å². The van der Waals surface area contributed by atoms with Crippen LogP contribution in [0.4, 0.5) is 0 Å². The number of para-hydroxylation sites is 1. The van der Waals surface area contributed by atoms with Crippen molar-refractivity contribution in [3.63, 3.8) is 0 Å². The molecule has 2 aromatic heterocycles. The predicted molar refractivity (Wildman–Crippen MR) is 80.4 cm³/mol. The van der Waals surface area contributed by atoms with Crippen molar-refractivity contribution in [1.82, 2.24) is 15.4 Å². The van der Waals surface area contributed by atoms with Crippen molar-refractivity contribution in [3.8, 4) is 0 Å². The van der Waals surface area contributed by atoms with Crippen LogP contribution in [0, 0.1) is 0 Å². The maximum Gasteiger partial charge on any atom is 0.287 e. The third kappa shape index (κ3) is 2.74. The molecule has 1 aromatic carbocycles. The molecule has 0 saturated carbocycles. The highest BCUT2D eigenvalue weighted by atomic mass is 16.2. The molecule has 0 fully saturated rings. The van der Waals surface area contributed by atoms with Gasteiger partial charge in [0.25, 0.3) is 11.5 Å². The fourth-order valence-electron chi connectivity index (χ4n) is 1.95. The van der Waals surface area contributed by atoms with Gasteiger partial charge in [-0.25, -0.2) is 5.43 Å². The lowest BCUT2D eigenvalue weighted by atomic mass is 10.2. The highest BCUT2D eigenvalue weighted by Crippen LogP contribution is 2.08. The van der Waals surface area contributed by atoms with Gasteiger partial charge in [0, 0.05) is 11.7 Å². The van der Waals surface area contributed by atoms with E-state index in [-0.39, 0.29) is 11.5 Å². The molecule has 0 radical (unpaired) electrons. The zero-order valence-corrected chi connectivity index (χ0v) is 11.0. The molecule has 0 aliphatic heterocycles. The monoisotopic (exact) mass is 280 g/mol. The van der Waals surface area contributed by atoms with Gasteiger partial charge in [0.2, 0.25) is 0 Å². The van der Waals surface area contributed by atoms with Gasteiger partial charge in [-0.2, -0.15) is 5.10 Å². The smallest absolute Gasteiger partial charge is 0.287 e. The molecule has 104 valence electrons. The summed E-state index contributed by atoms with van der Waals surface area (Å²) in [4.78, 5) is 29.0. The van der Waals surface area contributed by atoms with E-state index >= 15 is 0 Å². The van der Waals surface area contributed by atoms with Crippen LogP contribution in [0.2, 0.25) is 0 Å². The minimum atomic E-state index is -0.367. The summed E-state index contributed by atoms with van der Waals surface area (Å²) in [7, 11) is 0. The zero-order valence-electron chi connectivity index (χ0n) is 11.0. The Morgan fingerprint density at radius 3 is 2.86 bits per heavy atom. The van der Waals surface area contributed by atoms with E-state index < -0.39 is 0 Å². The number of hydrogen-bond donors (Lipinski definition) is 3. The van der Waals surface area contributed by atoms with Crippen LogP contribution in [0.25, 0.3) is 10.9 Å². The number of amides is 1. The molecule has 0 spiro atoms. The van der Waals surface area contributed by atoms with Crippen molar-refractivity contribution in [1.29, 1.82) is 0 Å². The second kappa shape index (κ2) is 5.46. The Morgan fingerprint density at radius 1 is 1.19 bits per heavy atom. The van der Waals surface area contributed by atoms with E-state index in [0.717, 1.165) is 10.9 Å². The number of nitrogens with one attached hydrogen (secondary N) is 3. The first-order valence-corrected chi connectivity index (χ1v) is 6.33. The number of H-pyrrole nitrogens is 2. The molecule has 0 atom stereocenters. The Balaban J connectivity index is 1.81. The lowest BCUT2D eigenvalue weighted by molar-refractivity contribution is 0.0951. The molecule has 3 N–H and O–H groups in total. The molecule has 6 nitrogen and oxygen atoms in total. The van der Waals surface area contributed by atoms with E-state index in [4.69, 9.17) is 0 Å². The predicted octanol–water partition coefficient (Wildman–Crippen LogP) is 1.62. The van der Waals surface area contributed by atoms with Crippen LogP contribution in [-0.4, -0.2) is 22.1 Å². The van der Waals surface area contributed by atoms with E-state index in [2.05, 4.69) is 20.5 Å². The van der Waals surface area contributed by atoms with Crippen LogP contribution in [0.5, 0.6) is 0 Å². The van der Waals surface area contributed by atoms with Crippen molar-refractivity contribution in [2.45, 2.75) is 0 Å². The maximum atomic E-state index is 11.9. The van der Waals surface area contributed by atoms with Gasteiger partial charge >= 0.3 is 0 Å². The Labute approximate surface area is 119 Å². The van der Waals surface area contributed by atoms with Crippen molar-refractivity contribution >= 4 is 23.0 Å². The number of hydrazone groups is 1. The van der Waals surface area contributed by atoms with Crippen LogP contribution in [-0.2, 0) is 0 Å². The van der Waals surface area contributed by atoms with Gasteiger partial charge in [0.05, 0.1) is 11.8 Å². The molecule has 3 aromatic rings. The van der Waals surface area contributed by atoms with Gasteiger partial charge in [-0.1, -0.05) is 18.2 Å². The summed E-state index contributed by atoms with van der Waals surface area (Å²) in [6.07, 6.45) is 2.97. The molecule has 0 aliphatic rings. The Morgan fingerprint density at radius 2 is 2.05 bits per heavy atom. The molecule has 0 unspecified atom stereocenters. The largest absolute Gasteiger partial charge is 0.357 e. The number of benzene rings is 1. The Hall–Kier alpha value is -3.15. The molecule has 21 heavy (non-hydrogen) atoms. The highest BCUT2D eigenvalue weighted by molar-refractivity contribution is 5.93. The summed E-state index contributed by atoms with van der Waals surface area (Å²) >= 11 is 0. The summed E-state index contributed by atoms with van der Waals surface area (Å²) in [5, 5.41) is 4.70. The number of aromatic nitrogens is 2. The summed E-state index contributed by atoms with van der Waals surface area (Å²) in [5.74, 6) is -0.367. The first kappa shape index (κ1) is 12.9. The van der Waals surface area contributed by atoms with Gasteiger partial charge in [0.1, 0.15) is 5.69 Å². The second-order valence-corrected chi connectivity index (χ2v) is 4.42. The van der Waals surface area contributed by atoms with Crippen LogP contribution >= 0.6 is 0 Å². The SMILES string of the molecule is O=C(N/N=C/c1cc2ccccc2[nH]c1=O)c1ccc[nH]1. The molecule has 0 aliphatic carbocycles. The number of rotatable bonds is 3. The minimum Gasteiger partial charge on any atom is -0.357 e. The third-order valence-corrected chi connectivity index (χ3v) is 2.99. The summed E-state index contributed by atoms with van der Waals surface area (Å²) in [6.45, 7) is 0. The van der Waals surface area contributed by atoms with Gasteiger partial charge in [-0.3, -0.25) is 9.59 Å². The molecule has 2 heterocycles. The highest BCUT2D eigenvalue weighted by Gasteiger charge is 2.04. The lowest BCUT2D eigenvalue weighted by Gasteiger charge is -1.99. The van der Waals surface area contributed by atoms with Gasteiger partial charge in [-0.05, 0) is 29.7 Å². The molecule has 1 amide bonds. The molecule has 0 saturated heterocycles. The van der Waals surface area contributed by atoms with E-state index in [9.17, 15) is 9.59 Å². The number of carbonyl (C=O) groups excluding carboxylic acids is 1. The van der Waals surface area contributed by atoms with Gasteiger partial charge in [0.15, 0.2) is 0 Å². The van der Waals surface area contributed by atoms with Crippen molar-refractivity contribution < 1.29 is 4.79 Å². The number of hydrogen-bond acceptors (Lipinski definition) is 3. The number of carbonyl (C=O) groups is 1. The molecular weight excluding hydrogens is 268 g/mol. The fraction of sp³-hybridized carbons (Fsp3) is 0. The number of pyridine rings is 1. The summed E-state index contributed by atoms with van der Waals surface area (Å²) in [5.41, 5.74) is 3.63. The Bertz CT molecular complexity index is 863. The average molecular weight is 280 g/mol. The van der Waals surface area contributed by atoms with Crippen molar-refractivity contribution in [2.75, 3.05) is 0 Å². The molecule has 3 rings (SSSR count). The van der Waals surface area contributed by atoms with Gasteiger partial charge < -0.3 is 9.97 Å². The molecular formula is C15H12N4O2. The third-order valence-electron chi connectivity index (χ3n) is 2.99. The minimum absolute atomic E-state index is 0.258. The van der Waals surface area contributed by atoms with E-state index in [1.165, 1.54) is 6.21 Å². The quantitative estimate of drug-likeness (QED) is 0.502. The first-order valence-electron chi connectivity index (χ1n) is 6.33. The van der Waals surface area contributed by atoms with Gasteiger partial charge in [-0.15, -0.1) is 0 Å². The van der Waals surface area contributed by atoms with Crippen LogP contribution in [0.15, 0.2) is 58.6 Å². The molecule has 0 bridgehead atoms.